The Bertz CT molecular complexity index is 2450. The van der Waals surface area contributed by atoms with Crippen LogP contribution in [0.1, 0.15) is 5.56 Å². The van der Waals surface area contributed by atoms with Gasteiger partial charge < -0.3 is 4.57 Å². The number of para-hydroxylation sites is 1. The molecule has 0 aliphatic rings. The predicted octanol–water partition coefficient (Wildman–Crippen LogP) is 10.9. The van der Waals surface area contributed by atoms with E-state index < -0.39 is 23.4 Å². The normalized spacial score (nSPS) is 11.8. The van der Waals surface area contributed by atoms with Crippen LogP contribution in [0.25, 0.3) is 72.8 Å². The molecule has 0 saturated carbocycles. The first-order valence-corrected chi connectivity index (χ1v) is 15.3. The van der Waals surface area contributed by atoms with Crippen LogP contribution in [0.15, 0.2) is 140 Å². The summed E-state index contributed by atoms with van der Waals surface area (Å²) in [4.78, 5) is 14.6. The highest BCUT2D eigenvalue weighted by Gasteiger charge is 2.31. The first-order chi connectivity index (χ1) is 23.7. The van der Waals surface area contributed by atoms with Crippen LogP contribution in [0.4, 0.5) is 22.0 Å². The standard InChI is InChI=1S/C40H23F5N4/c41-28-17-19-29(33(42)23-28)26-15-18-31(39-47-37(24-9-3-1-4-10-24)46-38(48-39)25-11-5-2-6-12-25)36(21-26)49-34-14-8-7-13-30(34)32-22-27(40(43,44)45)16-20-35(32)49/h1-23H. The fourth-order valence-electron chi connectivity index (χ4n) is 6.13. The number of halogens is 5. The lowest BCUT2D eigenvalue weighted by Crippen LogP contribution is -2.05. The zero-order chi connectivity index (χ0) is 33.7. The summed E-state index contributed by atoms with van der Waals surface area (Å²) in [5.74, 6) is -0.337. The van der Waals surface area contributed by atoms with Gasteiger partial charge in [-0.1, -0.05) is 84.9 Å². The fourth-order valence-corrected chi connectivity index (χ4v) is 6.13. The molecular weight excluding hydrogens is 631 g/mol. The molecule has 2 aromatic heterocycles. The molecule has 0 saturated heterocycles. The number of nitrogens with zero attached hydrogens (tertiary/aromatic N) is 4. The number of rotatable bonds is 5. The highest BCUT2D eigenvalue weighted by molar-refractivity contribution is 6.10. The molecular formula is C40H23F5N4. The van der Waals surface area contributed by atoms with Crippen molar-refractivity contribution in [1.29, 1.82) is 0 Å². The Balaban J connectivity index is 1.46. The van der Waals surface area contributed by atoms with Crippen LogP contribution >= 0.6 is 0 Å². The second-order valence-electron chi connectivity index (χ2n) is 11.5. The van der Waals surface area contributed by atoms with E-state index in [1.165, 1.54) is 18.2 Å². The van der Waals surface area contributed by atoms with Crippen LogP contribution in [0, 0.1) is 11.6 Å². The molecule has 0 amide bonds. The molecule has 238 valence electrons. The number of alkyl halides is 3. The minimum absolute atomic E-state index is 0.153. The zero-order valence-electron chi connectivity index (χ0n) is 25.5. The van der Waals surface area contributed by atoms with Gasteiger partial charge >= 0.3 is 6.18 Å². The largest absolute Gasteiger partial charge is 0.416 e. The molecule has 4 nitrogen and oxygen atoms in total. The smallest absolute Gasteiger partial charge is 0.308 e. The summed E-state index contributed by atoms with van der Waals surface area (Å²) < 4.78 is 72.7. The Morgan fingerprint density at radius 2 is 1.06 bits per heavy atom. The Labute approximate surface area is 276 Å². The summed E-state index contributed by atoms with van der Waals surface area (Å²) in [7, 11) is 0. The van der Waals surface area contributed by atoms with Crippen molar-refractivity contribution in [3.8, 4) is 51.0 Å². The minimum atomic E-state index is -4.55. The highest BCUT2D eigenvalue weighted by Crippen LogP contribution is 2.40. The molecule has 0 aliphatic heterocycles. The van der Waals surface area contributed by atoms with Gasteiger partial charge in [-0.05, 0) is 54.1 Å². The van der Waals surface area contributed by atoms with Gasteiger partial charge in [0.15, 0.2) is 17.5 Å². The Morgan fingerprint density at radius 1 is 0.469 bits per heavy atom. The lowest BCUT2D eigenvalue weighted by Gasteiger charge is -2.17. The van der Waals surface area contributed by atoms with Crippen LogP contribution in [-0.4, -0.2) is 19.5 Å². The molecule has 8 rings (SSSR count). The third-order valence-corrected chi connectivity index (χ3v) is 8.42. The Morgan fingerprint density at radius 3 is 1.71 bits per heavy atom. The average Bonchev–Trinajstić information content (AvgIpc) is 3.45. The molecule has 8 aromatic rings. The van der Waals surface area contributed by atoms with Crippen molar-refractivity contribution in [2.24, 2.45) is 0 Å². The lowest BCUT2D eigenvalue weighted by atomic mass is 10.0. The topological polar surface area (TPSA) is 43.6 Å². The number of hydrogen-bond donors (Lipinski definition) is 0. The van der Waals surface area contributed by atoms with Crippen molar-refractivity contribution >= 4 is 21.8 Å². The molecule has 0 aliphatic carbocycles. The van der Waals surface area contributed by atoms with Gasteiger partial charge in [0.05, 0.1) is 22.3 Å². The van der Waals surface area contributed by atoms with Gasteiger partial charge in [0.1, 0.15) is 11.6 Å². The molecule has 2 heterocycles. The molecule has 0 N–H and O–H groups in total. The predicted molar refractivity (Wildman–Crippen MR) is 181 cm³/mol. The quantitative estimate of drug-likeness (QED) is 0.174. The second-order valence-corrected chi connectivity index (χ2v) is 11.5. The van der Waals surface area contributed by atoms with E-state index in [-0.39, 0.29) is 5.56 Å². The van der Waals surface area contributed by atoms with E-state index in [0.717, 1.165) is 29.3 Å². The van der Waals surface area contributed by atoms with E-state index in [9.17, 15) is 17.6 Å². The maximum atomic E-state index is 15.2. The molecule has 0 unspecified atom stereocenters. The first-order valence-electron chi connectivity index (χ1n) is 15.3. The van der Waals surface area contributed by atoms with Gasteiger partial charge in [-0.25, -0.2) is 23.7 Å². The molecule has 49 heavy (non-hydrogen) atoms. The van der Waals surface area contributed by atoms with Crippen molar-refractivity contribution in [3.05, 3.63) is 157 Å². The monoisotopic (exact) mass is 654 g/mol. The number of aromatic nitrogens is 4. The number of benzene rings is 6. The van der Waals surface area contributed by atoms with E-state index in [1.807, 2.05) is 71.3 Å². The van der Waals surface area contributed by atoms with Crippen LogP contribution in [0.2, 0.25) is 0 Å². The van der Waals surface area contributed by atoms with Gasteiger partial charge in [0.25, 0.3) is 0 Å². The maximum Gasteiger partial charge on any atom is 0.416 e. The van der Waals surface area contributed by atoms with Crippen LogP contribution in [-0.2, 0) is 6.18 Å². The van der Waals surface area contributed by atoms with Gasteiger partial charge in [0, 0.05) is 39.1 Å². The summed E-state index contributed by atoms with van der Waals surface area (Å²) in [6.07, 6.45) is -4.55. The van der Waals surface area contributed by atoms with Crippen molar-refractivity contribution in [2.75, 3.05) is 0 Å². The second kappa shape index (κ2) is 11.8. The summed E-state index contributed by atoms with van der Waals surface area (Å²) in [6.45, 7) is 0. The third-order valence-electron chi connectivity index (χ3n) is 8.42. The minimum Gasteiger partial charge on any atom is -0.308 e. The SMILES string of the molecule is Fc1ccc(-c2ccc(-c3nc(-c4ccccc4)nc(-c4ccccc4)n3)c(-n3c4ccccc4c4cc(C(F)(F)F)ccc43)c2)c(F)c1. The molecule has 0 spiro atoms. The molecule has 0 atom stereocenters. The van der Waals surface area contributed by atoms with Crippen LogP contribution < -0.4 is 0 Å². The van der Waals surface area contributed by atoms with Crippen molar-refractivity contribution in [2.45, 2.75) is 6.18 Å². The van der Waals surface area contributed by atoms with E-state index in [1.54, 1.807) is 36.4 Å². The Kier molecular flexibility index (Phi) is 7.25. The van der Waals surface area contributed by atoms with E-state index in [2.05, 4.69) is 0 Å². The molecule has 6 aromatic carbocycles. The van der Waals surface area contributed by atoms with E-state index in [0.29, 0.717) is 56.1 Å². The molecule has 0 fully saturated rings. The van der Waals surface area contributed by atoms with Crippen LogP contribution in [0.3, 0.4) is 0 Å². The van der Waals surface area contributed by atoms with E-state index >= 15 is 4.39 Å². The lowest BCUT2D eigenvalue weighted by molar-refractivity contribution is -0.137. The maximum absolute atomic E-state index is 15.2. The molecule has 0 bridgehead atoms. The highest BCUT2D eigenvalue weighted by atomic mass is 19.4. The van der Waals surface area contributed by atoms with E-state index in [4.69, 9.17) is 15.0 Å². The van der Waals surface area contributed by atoms with Gasteiger partial charge in [-0.2, -0.15) is 13.2 Å². The summed E-state index contributed by atoms with van der Waals surface area (Å²) >= 11 is 0. The summed E-state index contributed by atoms with van der Waals surface area (Å²) in [5, 5.41) is 0.985. The van der Waals surface area contributed by atoms with Gasteiger partial charge in [-0.15, -0.1) is 0 Å². The van der Waals surface area contributed by atoms with Crippen LogP contribution in [0.5, 0.6) is 0 Å². The zero-order valence-corrected chi connectivity index (χ0v) is 25.5. The van der Waals surface area contributed by atoms with Crippen molar-refractivity contribution < 1.29 is 22.0 Å². The third kappa shape index (κ3) is 5.49. The number of fused-ring (bicyclic) bond motifs is 3. The van der Waals surface area contributed by atoms with Gasteiger partial charge in [-0.3, -0.25) is 0 Å². The fraction of sp³-hybridized carbons (Fsp3) is 0.0250. The van der Waals surface area contributed by atoms with Crippen molar-refractivity contribution in [1.82, 2.24) is 19.5 Å². The first kappa shape index (κ1) is 30.1. The van der Waals surface area contributed by atoms with Crippen molar-refractivity contribution in [3.63, 3.8) is 0 Å². The average molecular weight is 655 g/mol. The Hall–Kier alpha value is -6.22. The summed E-state index contributed by atoms with van der Waals surface area (Å²) in [6, 6.07) is 38.1. The molecule has 0 radical (unpaired) electrons. The molecule has 9 heteroatoms. The number of hydrogen-bond acceptors (Lipinski definition) is 3. The van der Waals surface area contributed by atoms with Gasteiger partial charge in [0.2, 0.25) is 0 Å². The summed E-state index contributed by atoms with van der Waals surface area (Å²) in [5.41, 5.74) is 3.43.